The van der Waals surface area contributed by atoms with Crippen LogP contribution in [0.1, 0.15) is 10.6 Å². The van der Waals surface area contributed by atoms with Crippen molar-refractivity contribution in [1.82, 2.24) is 4.98 Å². The van der Waals surface area contributed by atoms with E-state index in [1.54, 1.807) is 39.5 Å². The van der Waals surface area contributed by atoms with Crippen LogP contribution in [0.15, 0.2) is 72.1 Å². The second kappa shape index (κ2) is 10.6. The highest BCUT2D eigenvalue weighted by molar-refractivity contribution is 7.11. The molecule has 0 saturated heterocycles. The summed E-state index contributed by atoms with van der Waals surface area (Å²) in [5.74, 6) is 3.05. The van der Waals surface area contributed by atoms with E-state index in [9.17, 15) is 5.26 Å². The maximum Gasteiger partial charge on any atom is 0.203 e. The van der Waals surface area contributed by atoms with Gasteiger partial charge in [-0.15, -0.1) is 11.3 Å². The summed E-state index contributed by atoms with van der Waals surface area (Å²) in [7, 11) is 4.66. The number of allylic oxidation sites excluding steroid dienone is 1. The number of nitrogens with zero attached hydrogens (tertiary/aromatic N) is 2. The lowest BCUT2D eigenvalue weighted by atomic mass is 10.1. The van der Waals surface area contributed by atoms with Crippen LogP contribution in [0, 0.1) is 11.3 Å². The summed E-state index contributed by atoms with van der Waals surface area (Å²) >= 11 is 1.41. The van der Waals surface area contributed by atoms with Gasteiger partial charge in [0.05, 0.1) is 32.6 Å². The van der Waals surface area contributed by atoms with Crippen molar-refractivity contribution in [3.8, 4) is 46.1 Å². The fraction of sp³-hybridized carbons (Fsp3) is 0.111. The predicted octanol–water partition coefficient (Wildman–Crippen LogP) is 6.69. The molecule has 0 saturated carbocycles. The summed E-state index contributed by atoms with van der Waals surface area (Å²) in [5, 5.41) is 12.4. The third kappa shape index (κ3) is 5.03. The van der Waals surface area contributed by atoms with Crippen LogP contribution in [0.25, 0.3) is 22.9 Å². The monoisotopic (exact) mass is 470 g/mol. The number of thiazole rings is 1. The molecule has 4 aromatic rings. The average Bonchev–Trinajstić information content (AvgIpc) is 3.37. The van der Waals surface area contributed by atoms with E-state index < -0.39 is 0 Å². The third-order valence-corrected chi connectivity index (χ3v) is 5.86. The molecule has 1 aromatic heterocycles. The van der Waals surface area contributed by atoms with Crippen molar-refractivity contribution in [1.29, 1.82) is 5.26 Å². The summed E-state index contributed by atoms with van der Waals surface area (Å²) in [6, 6.07) is 23.2. The molecule has 3 aromatic carbocycles. The van der Waals surface area contributed by atoms with Crippen molar-refractivity contribution in [2.24, 2.45) is 0 Å². The highest BCUT2D eigenvalue weighted by atomic mass is 32.1. The van der Waals surface area contributed by atoms with Crippen molar-refractivity contribution in [2.75, 3.05) is 21.3 Å². The third-order valence-electron chi connectivity index (χ3n) is 4.98. The van der Waals surface area contributed by atoms with E-state index >= 15 is 0 Å². The quantitative estimate of drug-likeness (QED) is 0.267. The zero-order chi connectivity index (χ0) is 23.9. The Bertz CT molecular complexity index is 1310. The Morgan fingerprint density at radius 2 is 1.53 bits per heavy atom. The normalized spacial score (nSPS) is 10.9. The first-order valence-electron chi connectivity index (χ1n) is 10.4. The smallest absolute Gasteiger partial charge is 0.203 e. The average molecular weight is 471 g/mol. The van der Waals surface area contributed by atoms with Gasteiger partial charge in [0, 0.05) is 10.9 Å². The molecule has 0 fully saturated rings. The van der Waals surface area contributed by atoms with Gasteiger partial charge in [0.1, 0.15) is 22.6 Å². The molecule has 170 valence electrons. The Morgan fingerprint density at radius 1 is 0.882 bits per heavy atom. The van der Waals surface area contributed by atoms with Crippen LogP contribution in [-0.4, -0.2) is 26.3 Å². The first-order valence-corrected chi connectivity index (χ1v) is 11.2. The van der Waals surface area contributed by atoms with Crippen LogP contribution in [-0.2, 0) is 0 Å². The van der Waals surface area contributed by atoms with E-state index in [1.165, 1.54) is 11.3 Å². The first kappa shape index (κ1) is 22.9. The summed E-state index contributed by atoms with van der Waals surface area (Å²) < 4.78 is 22.0. The first-order chi connectivity index (χ1) is 16.6. The van der Waals surface area contributed by atoms with Crippen LogP contribution in [0.4, 0.5) is 0 Å². The van der Waals surface area contributed by atoms with Gasteiger partial charge in [0.2, 0.25) is 5.75 Å². The molecule has 4 rings (SSSR count). The minimum atomic E-state index is 0.439. The van der Waals surface area contributed by atoms with Gasteiger partial charge in [-0.3, -0.25) is 0 Å². The molecule has 0 N–H and O–H groups in total. The lowest BCUT2D eigenvalue weighted by Crippen LogP contribution is -1.95. The minimum absolute atomic E-state index is 0.439. The predicted molar refractivity (Wildman–Crippen MR) is 134 cm³/mol. The number of benzene rings is 3. The Kier molecular flexibility index (Phi) is 7.11. The lowest BCUT2D eigenvalue weighted by Gasteiger charge is -2.13. The maximum atomic E-state index is 9.80. The molecule has 0 atom stereocenters. The fourth-order valence-corrected chi connectivity index (χ4v) is 4.14. The molecule has 0 unspecified atom stereocenters. The van der Waals surface area contributed by atoms with Crippen LogP contribution in [0.2, 0.25) is 0 Å². The maximum absolute atomic E-state index is 9.80. The topological polar surface area (TPSA) is 73.6 Å². The molecular formula is C27H22N2O4S. The molecule has 7 heteroatoms. The van der Waals surface area contributed by atoms with Gasteiger partial charge >= 0.3 is 0 Å². The van der Waals surface area contributed by atoms with E-state index in [-0.39, 0.29) is 0 Å². The standard InChI is InChI=1S/C27H22N2O4S/c1-30-24-14-18(15-25(31-2)26(24)32-3)13-20(16-28)27-29-23(17-34-27)19-9-11-22(12-10-19)33-21-7-5-4-6-8-21/h4-15,17H,1-3H3/b20-13+. The van der Waals surface area contributed by atoms with Gasteiger partial charge in [-0.05, 0) is 60.2 Å². The molecule has 6 nitrogen and oxygen atoms in total. The number of nitriles is 1. The molecule has 34 heavy (non-hydrogen) atoms. The zero-order valence-corrected chi connectivity index (χ0v) is 19.8. The van der Waals surface area contributed by atoms with Crippen LogP contribution in [0.5, 0.6) is 28.7 Å². The largest absolute Gasteiger partial charge is 0.493 e. The fourth-order valence-electron chi connectivity index (χ4n) is 3.34. The van der Waals surface area contributed by atoms with Gasteiger partial charge < -0.3 is 18.9 Å². The number of hydrogen-bond acceptors (Lipinski definition) is 7. The summed E-state index contributed by atoms with van der Waals surface area (Å²) in [6.07, 6.45) is 1.75. The molecule has 0 aliphatic heterocycles. The summed E-state index contributed by atoms with van der Waals surface area (Å²) in [5.41, 5.74) is 2.91. The van der Waals surface area contributed by atoms with Gasteiger partial charge in [-0.2, -0.15) is 5.26 Å². The molecule has 0 bridgehead atoms. The van der Waals surface area contributed by atoms with Crippen LogP contribution < -0.4 is 18.9 Å². The van der Waals surface area contributed by atoms with E-state index in [0.29, 0.717) is 27.8 Å². The van der Waals surface area contributed by atoms with Crippen molar-refractivity contribution >= 4 is 23.0 Å². The number of para-hydroxylation sites is 1. The van der Waals surface area contributed by atoms with Crippen molar-refractivity contribution in [3.63, 3.8) is 0 Å². The van der Waals surface area contributed by atoms with E-state index in [0.717, 1.165) is 28.3 Å². The van der Waals surface area contributed by atoms with Crippen molar-refractivity contribution < 1.29 is 18.9 Å². The number of aromatic nitrogens is 1. The molecular weight excluding hydrogens is 448 g/mol. The summed E-state index contributed by atoms with van der Waals surface area (Å²) in [4.78, 5) is 4.68. The van der Waals surface area contributed by atoms with Gasteiger partial charge in [0.25, 0.3) is 0 Å². The molecule has 0 aliphatic carbocycles. The molecule has 1 heterocycles. The number of methoxy groups -OCH3 is 3. The molecule has 0 radical (unpaired) electrons. The van der Waals surface area contributed by atoms with E-state index in [2.05, 4.69) is 11.1 Å². The Hall–Kier alpha value is -4.28. The summed E-state index contributed by atoms with van der Waals surface area (Å²) in [6.45, 7) is 0. The second-order valence-corrected chi connectivity index (χ2v) is 7.96. The highest BCUT2D eigenvalue weighted by Gasteiger charge is 2.14. The van der Waals surface area contributed by atoms with Crippen LogP contribution in [0.3, 0.4) is 0 Å². The molecule has 0 amide bonds. The second-order valence-electron chi connectivity index (χ2n) is 7.11. The highest BCUT2D eigenvalue weighted by Crippen LogP contribution is 2.39. The number of rotatable bonds is 8. The number of ether oxygens (including phenoxy) is 4. The van der Waals surface area contributed by atoms with Crippen molar-refractivity contribution in [2.45, 2.75) is 0 Å². The van der Waals surface area contributed by atoms with Gasteiger partial charge in [-0.1, -0.05) is 18.2 Å². The lowest BCUT2D eigenvalue weighted by molar-refractivity contribution is 0.324. The SMILES string of the molecule is COc1cc(/C=C(\C#N)c2nc(-c3ccc(Oc4ccccc4)cc3)cs2)cc(OC)c1OC. The van der Waals surface area contributed by atoms with Crippen LogP contribution >= 0.6 is 11.3 Å². The van der Waals surface area contributed by atoms with Crippen molar-refractivity contribution in [3.05, 3.63) is 82.7 Å². The van der Waals surface area contributed by atoms with Gasteiger partial charge in [-0.25, -0.2) is 4.98 Å². The number of hydrogen-bond donors (Lipinski definition) is 0. The Balaban J connectivity index is 1.58. The zero-order valence-electron chi connectivity index (χ0n) is 18.9. The molecule has 0 spiro atoms. The van der Waals surface area contributed by atoms with E-state index in [1.807, 2.05) is 60.0 Å². The Labute approximate surface area is 202 Å². The Morgan fingerprint density at radius 3 is 2.12 bits per heavy atom. The van der Waals surface area contributed by atoms with E-state index in [4.69, 9.17) is 18.9 Å². The minimum Gasteiger partial charge on any atom is -0.493 e. The van der Waals surface area contributed by atoms with Gasteiger partial charge in [0.15, 0.2) is 11.5 Å². The molecule has 0 aliphatic rings.